The van der Waals surface area contributed by atoms with Gasteiger partial charge in [0.25, 0.3) is 6.43 Å². The van der Waals surface area contributed by atoms with E-state index in [1.54, 1.807) is 0 Å². The van der Waals surface area contributed by atoms with Crippen molar-refractivity contribution in [3.05, 3.63) is 35.4 Å². The fraction of sp³-hybridized carbons (Fsp3) is 0.400. The van der Waals surface area contributed by atoms with Crippen LogP contribution in [0.2, 0.25) is 0 Å². The van der Waals surface area contributed by atoms with Crippen LogP contribution in [-0.2, 0) is 0 Å². The van der Waals surface area contributed by atoms with Gasteiger partial charge in [0.15, 0.2) is 0 Å². The molecule has 0 radical (unpaired) electrons. The summed E-state index contributed by atoms with van der Waals surface area (Å²) in [5.74, 6) is 0. The van der Waals surface area contributed by atoms with E-state index in [0.29, 0.717) is 0 Å². The molecule has 0 amide bonds. The second-order valence-corrected chi connectivity index (χ2v) is 3.17. The van der Waals surface area contributed by atoms with Crippen molar-refractivity contribution < 1.29 is 24.1 Å². The van der Waals surface area contributed by atoms with E-state index in [0.717, 1.165) is 6.07 Å². The molecule has 84 valence electrons. The summed E-state index contributed by atoms with van der Waals surface area (Å²) in [5.41, 5.74) is -0.0639. The number of halogens is 2. The number of benzene rings is 1. The first-order valence-electron chi connectivity index (χ1n) is 4.41. The third-order valence-electron chi connectivity index (χ3n) is 2.06. The minimum atomic E-state index is -2.62. The van der Waals surface area contributed by atoms with Gasteiger partial charge >= 0.3 is 0 Å². The van der Waals surface area contributed by atoms with Crippen LogP contribution in [0.3, 0.4) is 0 Å². The number of rotatable bonds is 4. The molecule has 2 unspecified atom stereocenters. The third-order valence-corrected chi connectivity index (χ3v) is 2.06. The van der Waals surface area contributed by atoms with Crippen LogP contribution in [0, 0.1) is 0 Å². The number of hydrogen-bond acceptors (Lipinski definition) is 3. The molecule has 0 heterocycles. The molecule has 0 aliphatic heterocycles. The SMILES string of the molecule is OCC(O)C(O)c1cccc(C(F)F)c1. The highest BCUT2D eigenvalue weighted by Crippen LogP contribution is 2.23. The quantitative estimate of drug-likeness (QED) is 0.706. The molecule has 1 rings (SSSR count). The van der Waals surface area contributed by atoms with Crippen LogP contribution in [0.4, 0.5) is 8.78 Å². The number of hydrogen-bond donors (Lipinski definition) is 3. The van der Waals surface area contributed by atoms with Gasteiger partial charge in [-0.3, -0.25) is 0 Å². The summed E-state index contributed by atoms with van der Waals surface area (Å²) < 4.78 is 24.6. The lowest BCUT2D eigenvalue weighted by atomic mass is 10.0. The molecule has 0 spiro atoms. The maximum absolute atomic E-state index is 12.3. The van der Waals surface area contributed by atoms with Crippen LogP contribution in [0.5, 0.6) is 0 Å². The summed E-state index contributed by atoms with van der Waals surface area (Å²) in [5, 5.41) is 27.1. The Hall–Kier alpha value is -1.04. The average molecular weight is 218 g/mol. The van der Waals surface area contributed by atoms with E-state index in [1.165, 1.54) is 18.2 Å². The Balaban J connectivity index is 2.90. The zero-order chi connectivity index (χ0) is 11.4. The van der Waals surface area contributed by atoms with Gasteiger partial charge in [-0.1, -0.05) is 18.2 Å². The predicted molar refractivity (Wildman–Crippen MR) is 49.5 cm³/mol. The lowest BCUT2D eigenvalue weighted by Crippen LogP contribution is -2.22. The summed E-state index contributed by atoms with van der Waals surface area (Å²) in [6.45, 7) is -0.625. The van der Waals surface area contributed by atoms with Crippen LogP contribution in [-0.4, -0.2) is 28.0 Å². The highest BCUT2D eigenvalue weighted by atomic mass is 19.3. The zero-order valence-electron chi connectivity index (χ0n) is 7.85. The molecule has 0 saturated heterocycles. The van der Waals surface area contributed by atoms with Crippen molar-refractivity contribution in [2.24, 2.45) is 0 Å². The number of alkyl halides is 2. The Morgan fingerprint density at radius 2 is 1.73 bits per heavy atom. The van der Waals surface area contributed by atoms with Gasteiger partial charge in [-0.15, -0.1) is 0 Å². The van der Waals surface area contributed by atoms with Crippen LogP contribution in [0.25, 0.3) is 0 Å². The Bertz CT molecular complexity index is 317. The molecule has 3 N–H and O–H groups in total. The van der Waals surface area contributed by atoms with E-state index >= 15 is 0 Å². The molecule has 0 bridgehead atoms. The molecule has 1 aromatic carbocycles. The Kier molecular flexibility index (Phi) is 4.14. The van der Waals surface area contributed by atoms with Gasteiger partial charge in [-0.05, 0) is 11.6 Å². The molecule has 0 aliphatic carbocycles. The summed E-state index contributed by atoms with van der Waals surface area (Å²) in [4.78, 5) is 0. The highest BCUT2D eigenvalue weighted by Gasteiger charge is 2.18. The third kappa shape index (κ3) is 2.95. The van der Waals surface area contributed by atoms with Crippen molar-refractivity contribution in [2.75, 3.05) is 6.61 Å². The van der Waals surface area contributed by atoms with Gasteiger partial charge in [-0.25, -0.2) is 8.78 Å². The first kappa shape index (κ1) is 12.0. The lowest BCUT2D eigenvalue weighted by Gasteiger charge is -2.16. The largest absolute Gasteiger partial charge is 0.394 e. The molecule has 2 atom stereocenters. The summed E-state index contributed by atoms with van der Waals surface area (Å²) in [6.07, 6.45) is -5.34. The molecule has 0 saturated carbocycles. The van der Waals surface area contributed by atoms with Crippen LogP contribution < -0.4 is 0 Å². The van der Waals surface area contributed by atoms with Crippen molar-refractivity contribution in [3.63, 3.8) is 0 Å². The van der Waals surface area contributed by atoms with Crippen molar-refractivity contribution in [1.82, 2.24) is 0 Å². The molecule has 15 heavy (non-hydrogen) atoms. The molecule has 0 aromatic heterocycles. The van der Waals surface area contributed by atoms with E-state index < -0.39 is 25.2 Å². The topological polar surface area (TPSA) is 60.7 Å². The van der Waals surface area contributed by atoms with E-state index in [-0.39, 0.29) is 11.1 Å². The van der Waals surface area contributed by atoms with Gasteiger partial charge in [-0.2, -0.15) is 0 Å². The standard InChI is InChI=1S/C10H12F2O3/c11-10(12)7-3-1-2-6(4-7)9(15)8(14)5-13/h1-4,8-10,13-15H,5H2. The van der Waals surface area contributed by atoms with Crippen LogP contribution in [0.15, 0.2) is 24.3 Å². The van der Waals surface area contributed by atoms with Crippen molar-refractivity contribution >= 4 is 0 Å². The van der Waals surface area contributed by atoms with Gasteiger partial charge in [0.05, 0.1) is 6.61 Å². The van der Waals surface area contributed by atoms with Gasteiger partial charge in [0, 0.05) is 5.56 Å². The number of aliphatic hydroxyl groups is 3. The Morgan fingerprint density at radius 1 is 1.13 bits per heavy atom. The first-order chi connectivity index (χ1) is 7.06. The highest BCUT2D eigenvalue weighted by molar-refractivity contribution is 5.26. The average Bonchev–Trinajstić information content (AvgIpc) is 2.27. The van der Waals surface area contributed by atoms with Crippen LogP contribution in [0.1, 0.15) is 23.7 Å². The minimum Gasteiger partial charge on any atom is -0.394 e. The monoisotopic (exact) mass is 218 g/mol. The second-order valence-electron chi connectivity index (χ2n) is 3.17. The molecule has 0 fully saturated rings. The normalized spacial score (nSPS) is 15.3. The van der Waals surface area contributed by atoms with Gasteiger partial charge in [0.2, 0.25) is 0 Å². The molecule has 1 aromatic rings. The van der Waals surface area contributed by atoms with Crippen LogP contribution >= 0.6 is 0 Å². The van der Waals surface area contributed by atoms with E-state index in [1.807, 2.05) is 0 Å². The number of aliphatic hydroxyl groups excluding tert-OH is 3. The molecular formula is C10H12F2O3. The van der Waals surface area contributed by atoms with Crippen molar-refractivity contribution in [1.29, 1.82) is 0 Å². The summed E-state index contributed by atoms with van der Waals surface area (Å²) >= 11 is 0. The van der Waals surface area contributed by atoms with E-state index in [4.69, 9.17) is 10.2 Å². The predicted octanol–water partition coefficient (Wildman–Crippen LogP) is 1.01. The Labute approximate surface area is 85.6 Å². The molecule has 0 aliphatic rings. The summed E-state index contributed by atoms with van der Waals surface area (Å²) in [6, 6.07) is 5.11. The zero-order valence-corrected chi connectivity index (χ0v) is 7.85. The van der Waals surface area contributed by atoms with Crippen molar-refractivity contribution in [3.8, 4) is 0 Å². The minimum absolute atomic E-state index is 0.161. The maximum atomic E-state index is 12.3. The maximum Gasteiger partial charge on any atom is 0.263 e. The Morgan fingerprint density at radius 3 is 2.27 bits per heavy atom. The van der Waals surface area contributed by atoms with E-state index in [2.05, 4.69) is 0 Å². The fourth-order valence-electron chi connectivity index (χ4n) is 1.20. The van der Waals surface area contributed by atoms with E-state index in [9.17, 15) is 13.9 Å². The first-order valence-corrected chi connectivity index (χ1v) is 4.41. The summed E-state index contributed by atoms with van der Waals surface area (Å²) in [7, 11) is 0. The fourth-order valence-corrected chi connectivity index (χ4v) is 1.20. The molecule has 3 nitrogen and oxygen atoms in total. The van der Waals surface area contributed by atoms with Crippen molar-refractivity contribution in [2.45, 2.75) is 18.6 Å². The smallest absolute Gasteiger partial charge is 0.263 e. The lowest BCUT2D eigenvalue weighted by molar-refractivity contribution is -0.0153. The van der Waals surface area contributed by atoms with Gasteiger partial charge in [0.1, 0.15) is 12.2 Å². The second kappa shape index (κ2) is 5.16. The molecular weight excluding hydrogens is 206 g/mol. The molecule has 5 heteroatoms. The van der Waals surface area contributed by atoms with Gasteiger partial charge < -0.3 is 15.3 Å².